The molecule has 128 valence electrons. The van der Waals surface area contributed by atoms with E-state index in [4.69, 9.17) is 0 Å². The van der Waals surface area contributed by atoms with Gasteiger partial charge in [-0.3, -0.25) is 0 Å². The molecular formula is C20H21FN4. The molecule has 0 aliphatic rings. The Bertz CT molecular complexity index is 801. The number of benzene rings is 2. The summed E-state index contributed by atoms with van der Waals surface area (Å²) in [5.41, 5.74) is 3.36. The highest BCUT2D eigenvalue weighted by Gasteiger charge is 2.01. The summed E-state index contributed by atoms with van der Waals surface area (Å²) in [4.78, 5) is 8.69. The molecule has 0 fully saturated rings. The quantitative estimate of drug-likeness (QED) is 0.663. The SMILES string of the molecule is CCc1ccc(Nc2ccnc(NCCc3ccc(F)cc3)n2)cc1. The first kappa shape index (κ1) is 16.9. The zero-order valence-corrected chi connectivity index (χ0v) is 14.2. The third-order valence-corrected chi connectivity index (χ3v) is 3.90. The summed E-state index contributed by atoms with van der Waals surface area (Å²) in [6.07, 6.45) is 3.52. The van der Waals surface area contributed by atoms with Crippen molar-refractivity contribution in [1.29, 1.82) is 0 Å². The molecule has 5 heteroatoms. The largest absolute Gasteiger partial charge is 0.354 e. The van der Waals surface area contributed by atoms with Crippen LogP contribution in [0.2, 0.25) is 0 Å². The van der Waals surface area contributed by atoms with Crippen LogP contribution in [0.5, 0.6) is 0 Å². The van der Waals surface area contributed by atoms with Crippen LogP contribution in [0.4, 0.5) is 21.8 Å². The summed E-state index contributed by atoms with van der Waals surface area (Å²) < 4.78 is 12.9. The molecule has 0 unspecified atom stereocenters. The molecule has 2 aromatic carbocycles. The molecule has 0 spiro atoms. The lowest BCUT2D eigenvalue weighted by Crippen LogP contribution is -2.08. The Kier molecular flexibility index (Phi) is 5.57. The van der Waals surface area contributed by atoms with Gasteiger partial charge in [-0.25, -0.2) is 9.37 Å². The lowest BCUT2D eigenvalue weighted by molar-refractivity contribution is 0.627. The molecule has 0 aliphatic carbocycles. The molecule has 1 heterocycles. The van der Waals surface area contributed by atoms with Crippen LogP contribution < -0.4 is 10.6 Å². The Morgan fingerprint density at radius 2 is 1.64 bits per heavy atom. The average molecular weight is 336 g/mol. The molecular weight excluding hydrogens is 315 g/mol. The Balaban J connectivity index is 1.56. The molecule has 0 radical (unpaired) electrons. The fraction of sp³-hybridized carbons (Fsp3) is 0.200. The molecule has 0 atom stereocenters. The van der Waals surface area contributed by atoms with Crippen molar-refractivity contribution in [3.8, 4) is 0 Å². The predicted molar refractivity (Wildman–Crippen MR) is 99.7 cm³/mol. The number of aromatic nitrogens is 2. The molecule has 0 bridgehead atoms. The lowest BCUT2D eigenvalue weighted by atomic mass is 10.1. The number of aryl methyl sites for hydroxylation is 1. The maximum atomic E-state index is 12.9. The van der Waals surface area contributed by atoms with Crippen molar-refractivity contribution in [2.24, 2.45) is 0 Å². The van der Waals surface area contributed by atoms with Gasteiger partial charge in [-0.15, -0.1) is 0 Å². The number of nitrogens with zero attached hydrogens (tertiary/aromatic N) is 2. The molecule has 3 aromatic rings. The second-order valence-corrected chi connectivity index (χ2v) is 5.74. The van der Waals surface area contributed by atoms with E-state index in [9.17, 15) is 4.39 Å². The first-order chi connectivity index (χ1) is 12.2. The van der Waals surface area contributed by atoms with Crippen LogP contribution in [0, 0.1) is 5.82 Å². The Morgan fingerprint density at radius 1 is 0.920 bits per heavy atom. The second-order valence-electron chi connectivity index (χ2n) is 5.74. The molecule has 0 amide bonds. The van der Waals surface area contributed by atoms with E-state index >= 15 is 0 Å². The molecule has 3 rings (SSSR count). The van der Waals surface area contributed by atoms with Gasteiger partial charge in [-0.1, -0.05) is 31.2 Å². The summed E-state index contributed by atoms with van der Waals surface area (Å²) in [5, 5.41) is 6.47. The van der Waals surface area contributed by atoms with Crippen LogP contribution in [0.25, 0.3) is 0 Å². The highest BCUT2D eigenvalue weighted by molar-refractivity contribution is 5.57. The van der Waals surface area contributed by atoms with Crippen LogP contribution in [0.3, 0.4) is 0 Å². The van der Waals surface area contributed by atoms with Crippen molar-refractivity contribution >= 4 is 17.5 Å². The third-order valence-electron chi connectivity index (χ3n) is 3.90. The Hall–Kier alpha value is -2.95. The van der Waals surface area contributed by atoms with Crippen LogP contribution in [0.15, 0.2) is 60.8 Å². The van der Waals surface area contributed by atoms with Crippen molar-refractivity contribution in [3.63, 3.8) is 0 Å². The standard InChI is InChI=1S/C20H21FN4/c1-2-15-5-9-18(10-6-15)24-19-12-14-23-20(25-19)22-13-11-16-3-7-17(21)8-4-16/h3-10,12,14H,2,11,13H2,1H3,(H2,22,23,24,25). The highest BCUT2D eigenvalue weighted by Crippen LogP contribution is 2.16. The average Bonchev–Trinajstić information content (AvgIpc) is 2.64. The zero-order valence-electron chi connectivity index (χ0n) is 14.2. The minimum Gasteiger partial charge on any atom is -0.354 e. The molecule has 0 saturated carbocycles. The van der Waals surface area contributed by atoms with Gasteiger partial charge in [0.2, 0.25) is 5.95 Å². The predicted octanol–water partition coefficient (Wildman–Crippen LogP) is 4.58. The minimum absolute atomic E-state index is 0.217. The third kappa shape index (κ3) is 5.01. The fourth-order valence-electron chi connectivity index (χ4n) is 2.45. The van der Waals surface area contributed by atoms with E-state index in [-0.39, 0.29) is 5.82 Å². The molecule has 0 aliphatic heterocycles. The first-order valence-corrected chi connectivity index (χ1v) is 8.40. The maximum Gasteiger partial charge on any atom is 0.224 e. The summed E-state index contributed by atoms with van der Waals surface area (Å²) in [7, 11) is 0. The van der Waals surface area contributed by atoms with Crippen LogP contribution in [-0.4, -0.2) is 16.5 Å². The van der Waals surface area contributed by atoms with Crippen molar-refractivity contribution in [1.82, 2.24) is 9.97 Å². The minimum atomic E-state index is -0.217. The van der Waals surface area contributed by atoms with Crippen molar-refractivity contribution in [2.45, 2.75) is 19.8 Å². The van der Waals surface area contributed by atoms with E-state index in [1.54, 1.807) is 18.3 Å². The number of hydrogen-bond donors (Lipinski definition) is 2. The van der Waals surface area contributed by atoms with E-state index in [0.29, 0.717) is 12.5 Å². The topological polar surface area (TPSA) is 49.8 Å². The smallest absolute Gasteiger partial charge is 0.224 e. The van der Waals surface area contributed by atoms with E-state index in [1.807, 2.05) is 18.2 Å². The molecule has 0 saturated heterocycles. The lowest BCUT2D eigenvalue weighted by Gasteiger charge is -2.09. The van der Waals surface area contributed by atoms with Gasteiger partial charge < -0.3 is 10.6 Å². The number of nitrogens with one attached hydrogen (secondary N) is 2. The van der Waals surface area contributed by atoms with E-state index in [1.165, 1.54) is 17.7 Å². The zero-order chi connectivity index (χ0) is 17.5. The normalized spacial score (nSPS) is 10.5. The Labute approximate surface area is 147 Å². The summed E-state index contributed by atoms with van der Waals surface area (Å²) in [6.45, 7) is 2.82. The summed E-state index contributed by atoms with van der Waals surface area (Å²) in [5.74, 6) is 1.09. The molecule has 4 nitrogen and oxygen atoms in total. The molecule has 25 heavy (non-hydrogen) atoms. The van der Waals surface area contributed by atoms with Gasteiger partial charge in [0.15, 0.2) is 0 Å². The first-order valence-electron chi connectivity index (χ1n) is 8.40. The monoisotopic (exact) mass is 336 g/mol. The van der Waals surface area contributed by atoms with E-state index < -0.39 is 0 Å². The van der Waals surface area contributed by atoms with E-state index in [0.717, 1.165) is 29.9 Å². The Morgan fingerprint density at radius 3 is 2.36 bits per heavy atom. The van der Waals surface area contributed by atoms with Crippen LogP contribution in [0.1, 0.15) is 18.1 Å². The van der Waals surface area contributed by atoms with Gasteiger partial charge >= 0.3 is 0 Å². The van der Waals surface area contributed by atoms with Gasteiger partial charge in [0.25, 0.3) is 0 Å². The van der Waals surface area contributed by atoms with Gasteiger partial charge in [0, 0.05) is 18.4 Å². The van der Waals surface area contributed by atoms with Gasteiger partial charge in [0.05, 0.1) is 0 Å². The number of rotatable bonds is 7. The van der Waals surface area contributed by atoms with Gasteiger partial charge in [0.1, 0.15) is 11.6 Å². The summed E-state index contributed by atoms with van der Waals surface area (Å²) in [6, 6.07) is 16.6. The number of hydrogen-bond acceptors (Lipinski definition) is 4. The number of anilines is 3. The van der Waals surface area contributed by atoms with Crippen molar-refractivity contribution in [3.05, 3.63) is 77.7 Å². The van der Waals surface area contributed by atoms with Crippen LogP contribution >= 0.6 is 0 Å². The second kappa shape index (κ2) is 8.24. The van der Waals surface area contributed by atoms with Crippen molar-refractivity contribution in [2.75, 3.05) is 17.2 Å². The fourth-order valence-corrected chi connectivity index (χ4v) is 2.45. The van der Waals surface area contributed by atoms with Crippen LogP contribution in [-0.2, 0) is 12.8 Å². The highest BCUT2D eigenvalue weighted by atomic mass is 19.1. The maximum absolute atomic E-state index is 12.9. The summed E-state index contributed by atoms with van der Waals surface area (Å²) >= 11 is 0. The molecule has 2 N–H and O–H groups in total. The van der Waals surface area contributed by atoms with Gasteiger partial charge in [-0.05, 0) is 54.3 Å². The van der Waals surface area contributed by atoms with Crippen molar-refractivity contribution < 1.29 is 4.39 Å². The number of halogens is 1. The van der Waals surface area contributed by atoms with Gasteiger partial charge in [-0.2, -0.15) is 4.98 Å². The van der Waals surface area contributed by atoms with E-state index in [2.05, 4.69) is 39.7 Å². The molecule has 1 aromatic heterocycles.